The Hall–Kier alpha value is -1.39. The van der Waals surface area contributed by atoms with Crippen molar-refractivity contribution in [3.63, 3.8) is 0 Å². The Balaban J connectivity index is 3.50. The van der Waals surface area contributed by atoms with Gasteiger partial charge in [0.15, 0.2) is 0 Å². The molecule has 0 unspecified atom stereocenters. The van der Waals surface area contributed by atoms with E-state index < -0.39 is 0 Å². The third kappa shape index (κ3) is 1.44. The van der Waals surface area contributed by atoms with Crippen molar-refractivity contribution in [3.05, 3.63) is 27.5 Å². The molecular formula is C8H4BrN3. The molecule has 0 saturated carbocycles. The summed E-state index contributed by atoms with van der Waals surface area (Å²) in [5.74, 6) is 0. The number of aromatic nitrogens is 1. The average Bonchev–Trinajstić information content (AvgIpc) is 2.03. The Kier molecular flexibility index (Phi) is 2.42. The third-order valence-electron chi connectivity index (χ3n) is 1.34. The molecule has 1 rings (SSSR count). The van der Waals surface area contributed by atoms with Crippen molar-refractivity contribution in [2.75, 3.05) is 0 Å². The summed E-state index contributed by atoms with van der Waals surface area (Å²) in [5, 5.41) is 17.3. The molecule has 0 N–H and O–H groups in total. The third-order valence-corrected chi connectivity index (χ3v) is 1.91. The first-order chi connectivity index (χ1) is 5.69. The van der Waals surface area contributed by atoms with Gasteiger partial charge in [-0.15, -0.1) is 0 Å². The van der Waals surface area contributed by atoms with Crippen LogP contribution in [0.4, 0.5) is 0 Å². The smallest absolute Gasteiger partial charge is 0.125 e. The van der Waals surface area contributed by atoms with Crippen LogP contribution in [0.2, 0.25) is 0 Å². The van der Waals surface area contributed by atoms with Gasteiger partial charge in [0.1, 0.15) is 22.3 Å². The molecule has 0 fully saturated rings. The normalized spacial score (nSPS) is 8.67. The summed E-state index contributed by atoms with van der Waals surface area (Å²) in [6.07, 6.45) is 0. The van der Waals surface area contributed by atoms with Crippen molar-refractivity contribution in [1.29, 1.82) is 10.5 Å². The second-order valence-electron chi connectivity index (χ2n) is 2.20. The summed E-state index contributed by atoms with van der Waals surface area (Å²) < 4.78 is 0.432. The summed E-state index contributed by atoms with van der Waals surface area (Å²) in [6, 6.07) is 5.43. The number of nitriles is 2. The van der Waals surface area contributed by atoms with Crippen molar-refractivity contribution in [1.82, 2.24) is 4.98 Å². The first-order valence-corrected chi connectivity index (χ1v) is 3.95. The molecule has 0 aliphatic rings. The van der Waals surface area contributed by atoms with Crippen LogP contribution in [0, 0.1) is 29.6 Å². The fraction of sp³-hybridized carbons (Fsp3) is 0.125. The average molecular weight is 222 g/mol. The molecule has 0 amide bonds. The Morgan fingerprint density at radius 3 is 2.58 bits per heavy atom. The van der Waals surface area contributed by atoms with Gasteiger partial charge in [0.2, 0.25) is 0 Å². The Labute approximate surface area is 78.4 Å². The molecule has 1 heterocycles. The van der Waals surface area contributed by atoms with Crippen molar-refractivity contribution in [2.24, 2.45) is 0 Å². The zero-order valence-electron chi connectivity index (χ0n) is 6.30. The minimum Gasteiger partial charge on any atom is -0.245 e. The first kappa shape index (κ1) is 8.70. The number of pyridine rings is 1. The lowest BCUT2D eigenvalue weighted by atomic mass is 10.1. The van der Waals surface area contributed by atoms with Gasteiger partial charge in [0, 0.05) is 5.69 Å². The number of rotatable bonds is 0. The summed E-state index contributed by atoms with van der Waals surface area (Å²) >= 11 is 3.11. The van der Waals surface area contributed by atoms with E-state index in [0.717, 1.165) is 5.69 Å². The van der Waals surface area contributed by atoms with Gasteiger partial charge in [-0.1, -0.05) is 0 Å². The molecule has 12 heavy (non-hydrogen) atoms. The number of nitrogens with zero attached hydrogens (tertiary/aromatic N) is 3. The van der Waals surface area contributed by atoms with E-state index >= 15 is 0 Å². The maximum atomic E-state index is 8.65. The van der Waals surface area contributed by atoms with Gasteiger partial charge < -0.3 is 0 Å². The van der Waals surface area contributed by atoms with Crippen molar-refractivity contribution in [2.45, 2.75) is 6.92 Å². The van der Waals surface area contributed by atoms with E-state index in [9.17, 15) is 0 Å². The van der Waals surface area contributed by atoms with E-state index in [0.29, 0.717) is 15.7 Å². The van der Waals surface area contributed by atoms with Crippen LogP contribution in [0.1, 0.15) is 16.8 Å². The fourth-order valence-corrected chi connectivity index (χ4v) is 1.41. The molecule has 0 aromatic carbocycles. The van der Waals surface area contributed by atoms with Gasteiger partial charge in [-0.3, -0.25) is 0 Å². The van der Waals surface area contributed by atoms with Crippen molar-refractivity contribution < 1.29 is 0 Å². The molecule has 58 valence electrons. The van der Waals surface area contributed by atoms with Crippen LogP contribution in [-0.2, 0) is 0 Å². The van der Waals surface area contributed by atoms with Crippen LogP contribution in [0.5, 0.6) is 0 Å². The first-order valence-electron chi connectivity index (χ1n) is 3.16. The van der Waals surface area contributed by atoms with Gasteiger partial charge in [0.25, 0.3) is 0 Å². The SMILES string of the molecule is Cc1cc(C#N)c(C#N)c(Br)n1. The van der Waals surface area contributed by atoms with Gasteiger partial charge in [-0.2, -0.15) is 10.5 Å². The number of aryl methyl sites for hydroxylation is 1. The van der Waals surface area contributed by atoms with Crippen LogP contribution in [-0.4, -0.2) is 4.98 Å². The molecule has 0 aliphatic heterocycles. The van der Waals surface area contributed by atoms with E-state index in [1.165, 1.54) is 0 Å². The van der Waals surface area contributed by atoms with E-state index in [4.69, 9.17) is 10.5 Å². The highest BCUT2D eigenvalue weighted by Crippen LogP contribution is 2.17. The lowest BCUT2D eigenvalue weighted by molar-refractivity contribution is 1.14. The molecule has 1 aromatic rings. The molecule has 4 heteroatoms. The van der Waals surface area contributed by atoms with Gasteiger partial charge in [-0.25, -0.2) is 4.98 Å². The number of hydrogen-bond donors (Lipinski definition) is 0. The van der Waals surface area contributed by atoms with Gasteiger partial charge in [-0.05, 0) is 28.9 Å². The highest BCUT2D eigenvalue weighted by atomic mass is 79.9. The quantitative estimate of drug-likeness (QED) is 0.629. The van der Waals surface area contributed by atoms with E-state index in [1.54, 1.807) is 13.0 Å². The molecule has 3 nitrogen and oxygen atoms in total. The molecule has 0 spiro atoms. The van der Waals surface area contributed by atoms with E-state index in [-0.39, 0.29) is 0 Å². The van der Waals surface area contributed by atoms with Crippen LogP contribution >= 0.6 is 15.9 Å². The lowest BCUT2D eigenvalue weighted by Gasteiger charge is -1.98. The Bertz CT molecular complexity index is 398. The molecule has 0 saturated heterocycles. The molecule has 1 aromatic heterocycles. The molecule has 0 radical (unpaired) electrons. The van der Waals surface area contributed by atoms with Gasteiger partial charge >= 0.3 is 0 Å². The molecular weight excluding hydrogens is 218 g/mol. The summed E-state index contributed by atoms with van der Waals surface area (Å²) in [6.45, 7) is 1.77. The van der Waals surface area contributed by atoms with E-state index in [1.807, 2.05) is 12.1 Å². The predicted molar refractivity (Wildman–Crippen MR) is 46.1 cm³/mol. The zero-order valence-corrected chi connectivity index (χ0v) is 7.88. The maximum absolute atomic E-state index is 8.65. The second kappa shape index (κ2) is 3.34. The van der Waals surface area contributed by atoms with Crippen LogP contribution < -0.4 is 0 Å². The van der Waals surface area contributed by atoms with E-state index in [2.05, 4.69) is 20.9 Å². The Morgan fingerprint density at radius 2 is 2.08 bits per heavy atom. The fourth-order valence-electron chi connectivity index (χ4n) is 0.830. The highest BCUT2D eigenvalue weighted by Gasteiger charge is 2.07. The van der Waals surface area contributed by atoms with Crippen LogP contribution in [0.15, 0.2) is 10.7 Å². The largest absolute Gasteiger partial charge is 0.245 e. The zero-order chi connectivity index (χ0) is 9.14. The van der Waals surface area contributed by atoms with Crippen LogP contribution in [0.3, 0.4) is 0 Å². The number of halogens is 1. The minimum absolute atomic E-state index is 0.295. The summed E-state index contributed by atoms with van der Waals surface area (Å²) in [7, 11) is 0. The second-order valence-corrected chi connectivity index (χ2v) is 2.95. The lowest BCUT2D eigenvalue weighted by Crippen LogP contribution is -1.91. The van der Waals surface area contributed by atoms with Crippen molar-refractivity contribution >= 4 is 15.9 Å². The number of hydrogen-bond acceptors (Lipinski definition) is 3. The molecule has 0 bridgehead atoms. The molecule has 0 aliphatic carbocycles. The molecule has 0 atom stereocenters. The standard InChI is InChI=1S/C8H4BrN3/c1-5-2-6(3-10)7(4-11)8(9)12-5/h2H,1H3. The summed E-state index contributed by atoms with van der Waals surface area (Å²) in [4.78, 5) is 4.00. The topological polar surface area (TPSA) is 60.5 Å². The summed E-state index contributed by atoms with van der Waals surface area (Å²) in [5.41, 5.74) is 1.37. The van der Waals surface area contributed by atoms with Gasteiger partial charge in [0.05, 0.1) is 5.56 Å². The predicted octanol–water partition coefficient (Wildman–Crippen LogP) is 1.90. The Morgan fingerprint density at radius 1 is 1.42 bits per heavy atom. The monoisotopic (exact) mass is 221 g/mol. The van der Waals surface area contributed by atoms with Crippen molar-refractivity contribution in [3.8, 4) is 12.1 Å². The van der Waals surface area contributed by atoms with Crippen LogP contribution in [0.25, 0.3) is 0 Å². The maximum Gasteiger partial charge on any atom is 0.125 e. The minimum atomic E-state index is 0.295. The highest BCUT2D eigenvalue weighted by molar-refractivity contribution is 9.10.